The molecular formula is C21H25NO5. The third kappa shape index (κ3) is 6.33. The van der Waals surface area contributed by atoms with Crippen LogP contribution in [-0.2, 0) is 16.0 Å². The zero-order valence-electron chi connectivity index (χ0n) is 16.0. The average Bonchev–Trinajstić information content (AvgIpc) is 2.60. The Hall–Kier alpha value is -3.02. The zero-order chi connectivity index (χ0) is 20.0. The van der Waals surface area contributed by atoms with Crippen molar-refractivity contribution in [2.24, 2.45) is 0 Å². The third-order valence-electron chi connectivity index (χ3n) is 3.78. The minimum absolute atomic E-state index is 0.151. The molecule has 0 spiro atoms. The van der Waals surface area contributed by atoms with E-state index in [1.165, 1.54) is 0 Å². The highest BCUT2D eigenvalue weighted by atomic mass is 16.6. The Labute approximate surface area is 159 Å². The van der Waals surface area contributed by atoms with Gasteiger partial charge in [-0.2, -0.15) is 0 Å². The maximum atomic E-state index is 11.9. The van der Waals surface area contributed by atoms with Gasteiger partial charge in [-0.3, -0.25) is 0 Å². The SMILES string of the molecule is COc1ccc(-c2cccc(C[C@H](NC(=O)OC(C)(C)C)C(=O)O)c2)cc1. The van der Waals surface area contributed by atoms with Gasteiger partial charge in [0.2, 0.25) is 0 Å². The van der Waals surface area contributed by atoms with Crippen molar-refractivity contribution < 1.29 is 24.2 Å². The Morgan fingerprint density at radius 1 is 1.07 bits per heavy atom. The first kappa shape index (κ1) is 20.3. The molecule has 0 bridgehead atoms. The second-order valence-electron chi connectivity index (χ2n) is 7.17. The first-order valence-corrected chi connectivity index (χ1v) is 8.63. The smallest absolute Gasteiger partial charge is 0.408 e. The van der Waals surface area contributed by atoms with E-state index in [1.54, 1.807) is 27.9 Å². The minimum atomic E-state index is -1.12. The second-order valence-corrected chi connectivity index (χ2v) is 7.17. The fourth-order valence-corrected chi connectivity index (χ4v) is 2.55. The van der Waals surface area contributed by atoms with Gasteiger partial charge in [0, 0.05) is 6.42 Å². The highest BCUT2D eigenvalue weighted by Gasteiger charge is 2.24. The highest BCUT2D eigenvalue weighted by Crippen LogP contribution is 2.23. The summed E-state index contributed by atoms with van der Waals surface area (Å²) >= 11 is 0. The Morgan fingerprint density at radius 2 is 1.74 bits per heavy atom. The van der Waals surface area contributed by atoms with Crippen molar-refractivity contribution >= 4 is 12.1 Å². The lowest BCUT2D eigenvalue weighted by atomic mass is 9.99. The predicted molar refractivity (Wildman–Crippen MR) is 103 cm³/mol. The van der Waals surface area contributed by atoms with E-state index in [1.807, 2.05) is 48.5 Å². The van der Waals surface area contributed by atoms with Crippen LogP contribution in [0, 0.1) is 0 Å². The van der Waals surface area contributed by atoms with Gasteiger partial charge in [0.15, 0.2) is 0 Å². The number of methoxy groups -OCH3 is 1. The summed E-state index contributed by atoms with van der Waals surface area (Å²) in [5.41, 5.74) is 2.05. The number of ether oxygens (including phenoxy) is 2. The van der Waals surface area contributed by atoms with E-state index in [2.05, 4.69) is 5.32 Å². The maximum Gasteiger partial charge on any atom is 0.408 e. The summed E-state index contributed by atoms with van der Waals surface area (Å²) in [6.07, 6.45) is -0.598. The minimum Gasteiger partial charge on any atom is -0.497 e. The van der Waals surface area contributed by atoms with E-state index < -0.39 is 23.7 Å². The van der Waals surface area contributed by atoms with Crippen LogP contribution in [0.15, 0.2) is 48.5 Å². The number of carboxylic acid groups (broad SMARTS) is 1. The topological polar surface area (TPSA) is 84.9 Å². The fourth-order valence-electron chi connectivity index (χ4n) is 2.55. The molecule has 0 saturated carbocycles. The van der Waals surface area contributed by atoms with Crippen molar-refractivity contribution in [2.45, 2.75) is 38.8 Å². The molecule has 1 amide bonds. The van der Waals surface area contributed by atoms with E-state index in [0.29, 0.717) is 0 Å². The van der Waals surface area contributed by atoms with Crippen LogP contribution in [0.4, 0.5) is 4.79 Å². The summed E-state index contributed by atoms with van der Waals surface area (Å²) in [6.45, 7) is 5.17. The summed E-state index contributed by atoms with van der Waals surface area (Å²) in [5, 5.41) is 11.9. The zero-order valence-corrected chi connectivity index (χ0v) is 16.0. The van der Waals surface area contributed by atoms with Gasteiger partial charge >= 0.3 is 12.1 Å². The number of rotatable bonds is 6. The van der Waals surface area contributed by atoms with E-state index >= 15 is 0 Å². The fraction of sp³-hybridized carbons (Fsp3) is 0.333. The molecule has 1 atom stereocenters. The summed E-state index contributed by atoms with van der Waals surface area (Å²) < 4.78 is 10.3. The standard InChI is InChI=1S/C21H25NO5/c1-21(2,3)27-20(25)22-18(19(23)24)13-14-6-5-7-16(12-14)15-8-10-17(26-4)11-9-15/h5-12,18H,13H2,1-4H3,(H,22,25)(H,23,24)/t18-/m0/s1. The molecule has 2 rings (SSSR count). The van der Waals surface area contributed by atoms with Crippen molar-refractivity contribution in [1.29, 1.82) is 0 Å². The third-order valence-corrected chi connectivity index (χ3v) is 3.78. The van der Waals surface area contributed by atoms with Crippen LogP contribution >= 0.6 is 0 Å². The number of amides is 1. The lowest BCUT2D eigenvalue weighted by molar-refractivity contribution is -0.139. The van der Waals surface area contributed by atoms with Crippen LogP contribution in [0.1, 0.15) is 26.3 Å². The average molecular weight is 371 g/mol. The Balaban J connectivity index is 2.14. The summed E-state index contributed by atoms with van der Waals surface area (Å²) in [7, 11) is 1.61. The molecule has 2 N–H and O–H groups in total. The molecule has 0 fully saturated rings. The van der Waals surface area contributed by atoms with Gasteiger partial charge < -0.3 is 19.9 Å². The number of carbonyl (C=O) groups excluding carboxylic acids is 1. The lowest BCUT2D eigenvalue weighted by Crippen LogP contribution is -2.44. The van der Waals surface area contributed by atoms with Crippen LogP contribution in [0.3, 0.4) is 0 Å². The number of hydrogen-bond donors (Lipinski definition) is 2. The maximum absolute atomic E-state index is 11.9. The van der Waals surface area contributed by atoms with Gasteiger partial charge in [-0.25, -0.2) is 9.59 Å². The molecule has 0 aliphatic heterocycles. The van der Waals surface area contributed by atoms with E-state index in [-0.39, 0.29) is 6.42 Å². The largest absolute Gasteiger partial charge is 0.497 e. The van der Waals surface area contributed by atoms with Crippen LogP contribution < -0.4 is 10.1 Å². The van der Waals surface area contributed by atoms with Gasteiger partial charge in [-0.15, -0.1) is 0 Å². The number of hydrogen-bond acceptors (Lipinski definition) is 4. The van der Waals surface area contributed by atoms with Crippen LogP contribution in [-0.4, -0.2) is 35.9 Å². The molecule has 0 aromatic heterocycles. The summed E-state index contributed by atoms with van der Waals surface area (Å²) in [6, 6.07) is 14.1. The molecule has 2 aromatic rings. The second kappa shape index (κ2) is 8.58. The van der Waals surface area contributed by atoms with Crippen molar-refractivity contribution in [3.05, 3.63) is 54.1 Å². The lowest BCUT2D eigenvalue weighted by Gasteiger charge is -2.22. The molecule has 0 heterocycles. The van der Waals surface area contributed by atoms with E-state index in [9.17, 15) is 14.7 Å². The molecule has 0 radical (unpaired) electrons. The number of benzene rings is 2. The molecule has 27 heavy (non-hydrogen) atoms. The van der Waals surface area contributed by atoms with Gasteiger partial charge in [0.05, 0.1) is 7.11 Å². The Kier molecular flexibility index (Phi) is 6.45. The van der Waals surface area contributed by atoms with Gasteiger partial charge in [0.1, 0.15) is 17.4 Å². The number of aliphatic carboxylic acids is 1. The summed E-state index contributed by atoms with van der Waals surface area (Å²) in [4.78, 5) is 23.5. The van der Waals surface area contributed by atoms with Crippen LogP contribution in [0.25, 0.3) is 11.1 Å². The van der Waals surface area contributed by atoms with Gasteiger partial charge in [-0.05, 0) is 49.6 Å². The Bertz CT molecular complexity index is 793. The molecular weight excluding hydrogens is 346 g/mol. The van der Waals surface area contributed by atoms with E-state index in [0.717, 1.165) is 22.4 Å². The monoisotopic (exact) mass is 371 g/mol. The molecule has 6 nitrogen and oxygen atoms in total. The number of carbonyl (C=O) groups is 2. The molecule has 0 saturated heterocycles. The van der Waals surface area contributed by atoms with Crippen LogP contribution in [0.5, 0.6) is 5.75 Å². The molecule has 144 valence electrons. The normalized spacial score (nSPS) is 12.1. The molecule has 0 aliphatic rings. The van der Waals surface area contributed by atoms with E-state index in [4.69, 9.17) is 9.47 Å². The molecule has 0 aliphatic carbocycles. The van der Waals surface area contributed by atoms with Crippen LogP contribution in [0.2, 0.25) is 0 Å². The number of alkyl carbamates (subject to hydrolysis) is 1. The van der Waals surface area contributed by atoms with Crippen molar-refractivity contribution in [2.75, 3.05) is 7.11 Å². The van der Waals surface area contributed by atoms with Crippen molar-refractivity contribution in [3.63, 3.8) is 0 Å². The summed E-state index contributed by atoms with van der Waals surface area (Å²) in [5.74, 6) is -0.349. The number of nitrogens with one attached hydrogen (secondary N) is 1. The number of carboxylic acids is 1. The molecule has 2 aromatic carbocycles. The molecule has 6 heteroatoms. The van der Waals surface area contributed by atoms with Crippen molar-refractivity contribution in [1.82, 2.24) is 5.32 Å². The predicted octanol–water partition coefficient (Wildman–Crippen LogP) is 3.88. The van der Waals surface area contributed by atoms with Crippen molar-refractivity contribution in [3.8, 4) is 16.9 Å². The first-order chi connectivity index (χ1) is 12.7. The van der Waals surface area contributed by atoms with Gasteiger partial charge in [0.25, 0.3) is 0 Å². The van der Waals surface area contributed by atoms with Gasteiger partial charge in [-0.1, -0.05) is 36.4 Å². The Morgan fingerprint density at radius 3 is 2.30 bits per heavy atom. The molecule has 0 unspecified atom stereocenters. The first-order valence-electron chi connectivity index (χ1n) is 8.63. The highest BCUT2D eigenvalue weighted by molar-refractivity contribution is 5.80. The quantitative estimate of drug-likeness (QED) is 0.805.